The number of halogens is 4. The molecular formula is C11H10F4N4O2. The summed E-state index contributed by atoms with van der Waals surface area (Å²) in [6, 6.07) is 3.03. The maximum absolute atomic E-state index is 12.6. The fourth-order valence-electron chi connectivity index (χ4n) is 1.35. The van der Waals surface area contributed by atoms with E-state index in [1.807, 2.05) is 0 Å². The molecule has 114 valence electrons. The predicted molar refractivity (Wildman–Crippen MR) is 62.5 cm³/mol. The molecule has 0 atom stereocenters. The van der Waals surface area contributed by atoms with Gasteiger partial charge in [0.05, 0.1) is 0 Å². The molecular weight excluding hydrogens is 296 g/mol. The van der Waals surface area contributed by atoms with Crippen molar-refractivity contribution in [3.8, 4) is 11.5 Å². The number of anilines is 1. The molecule has 10 heteroatoms. The second-order valence-corrected chi connectivity index (χ2v) is 4.04. The third-order valence-corrected chi connectivity index (χ3v) is 2.34. The van der Waals surface area contributed by atoms with Gasteiger partial charge in [-0.1, -0.05) is 5.16 Å². The van der Waals surface area contributed by atoms with Gasteiger partial charge in [0.2, 0.25) is 0 Å². The summed E-state index contributed by atoms with van der Waals surface area (Å²) in [6.07, 6.45) is -2.37. The number of aromatic nitrogens is 3. The lowest BCUT2D eigenvalue weighted by Crippen LogP contribution is -2.32. The molecule has 0 aliphatic rings. The number of alkyl halides is 4. The van der Waals surface area contributed by atoms with E-state index < -0.39 is 25.6 Å². The minimum atomic E-state index is -4.22. The molecule has 6 nitrogen and oxygen atoms in total. The summed E-state index contributed by atoms with van der Waals surface area (Å²) in [5, 5.41) is 3.48. The first kappa shape index (κ1) is 15.2. The van der Waals surface area contributed by atoms with Gasteiger partial charge in [0, 0.05) is 11.8 Å². The van der Waals surface area contributed by atoms with E-state index in [0.717, 1.165) is 0 Å². The molecule has 0 aliphatic heterocycles. The Bertz CT molecular complexity index is 605. The van der Waals surface area contributed by atoms with E-state index in [0.29, 0.717) is 5.56 Å². The highest BCUT2D eigenvalue weighted by atomic mass is 19.3. The van der Waals surface area contributed by atoms with E-state index >= 15 is 0 Å². The zero-order chi connectivity index (χ0) is 15.5. The van der Waals surface area contributed by atoms with Gasteiger partial charge in [0.25, 0.3) is 5.89 Å². The van der Waals surface area contributed by atoms with Gasteiger partial charge in [-0.15, -0.1) is 0 Å². The number of nitrogen functional groups attached to an aromatic ring is 1. The molecule has 0 bridgehead atoms. The van der Waals surface area contributed by atoms with Gasteiger partial charge in [-0.3, -0.25) is 0 Å². The van der Waals surface area contributed by atoms with E-state index in [1.54, 1.807) is 6.07 Å². The number of hydrogen-bond donors (Lipinski definition) is 1. The van der Waals surface area contributed by atoms with Gasteiger partial charge in [-0.2, -0.15) is 13.8 Å². The molecule has 0 radical (unpaired) electrons. The van der Waals surface area contributed by atoms with Crippen molar-refractivity contribution in [2.75, 3.05) is 12.3 Å². The summed E-state index contributed by atoms with van der Waals surface area (Å²) >= 11 is 0. The smallest absolute Gasteiger partial charge is 0.330 e. The number of ether oxygens (including phenoxy) is 1. The third-order valence-electron chi connectivity index (χ3n) is 2.34. The molecule has 2 aromatic heterocycles. The van der Waals surface area contributed by atoms with Gasteiger partial charge in [0.15, 0.2) is 5.82 Å². The molecule has 0 unspecified atom stereocenters. The van der Waals surface area contributed by atoms with E-state index in [9.17, 15) is 17.6 Å². The summed E-state index contributed by atoms with van der Waals surface area (Å²) in [4.78, 5) is 7.64. The summed E-state index contributed by atoms with van der Waals surface area (Å²) in [6.45, 7) is -1.91. The zero-order valence-corrected chi connectivity index (χ0v) is 10.5. The van der Waals surface area contributed by atoms with Gasteiger partial charge >= 0.3 is 12.3 Å². The summed E-state index contributed by atoms with van der Waals surface area (Å²) in [5.74, 6) is -3.94. The summed E-state index contributed by atoms with van der Waals surface area (Å²) < 4.78 is 58.4. The van der Waals surface area contributed by atoms with Crippen LogP contribution in [0.1, 0.15) is 5.82 Å². The first-order chi connectivity index (χ1) is 9.88. The van der Waals surface area contributed by atoms with E-state index in [-0.39, 0.29) is 17.5 Å². The molecule has 2 heterocycles. The van der Waals surface area contributed by atoms with Crippen LogP contribution in [0.15, 0.2) is 22.9 Å². The number of pyridine rings is 1. The van der Waals surface area contributed by atoms with E-state index in [4.69, 9.17) is 10.3 Å². The number of nitrogens with two attached hydrogens (primary N) is 1. The van der Waals surface area contributed by atoms with Gasteiger partial charge in [0.1, 0.15) is 19.0 Å². The minimum absolute atomic E-state index is 0.0505. The van der Waals surface area contributed by atoms with Crippen LogP contribution in [0.3, 0.4) is 0 Å². The fourth-order valence-corrected chi connectivity index (χ4v) is 1.35. The summed E-state index contributed by atoms with van der Waals surface area (Å²) in [5.41, 5.74) is 5.96. The lowest BCUT2D eigenvalue weighted by Gasteiger charge is -2.14. The standard InChI is InChI=1S/C11H10F4N4O2/c12-10(13)11(14,15)5-20-4-8-18-9(21-19-8)6-1-2-17-7(16)3-6/h1-3,10H,4-5H2,(H2,16,17). The highest BCUT2D eigenvalue weighted by molar-refractivity contribution is 5.56. The average Bonchev–Trinajstić information content (AvgIpc) is 2.87. The van der Waals surface area contributed by atoms with Crippen LogP contribution < -0.4 is 5.73 Å². The van der Waals surface area contributed by atoms with Crippen LogP contribution in [0, 0.1) is 0 Å². The van der Waals surface area contributed by atoms with E-state index in [1.165, 1.54) is 12.3 Å². The first-order valence-electron chi connectivity index (χ1n) is 5.66. The predicted octanol–water partition coefficient (Wildman–Crippen LogP) is 2.13. The van der Waals surface area contributed by atoms with Crippen molar-refractivity contribution in [1.29, 1.82) is 0 Å². The van der Waals surface area contributed by atoms with Crippen LogP contribution in [0.2, 0.25) is 0 Å². The molecule has 0 spiro atoms. The van der Waals surface area contributed by atoms with Gasteiger partial charge in [-0.05, 0) is 12.1 Å². The topological polar surface area (TPSA) is 87.1 Å². The first-order valence-corrected chi connectivity index (χ1v) is 5.66. The highest BCUT2D eigenvalue weighted by Crippen LogP contribution is 2.23. The molecule has 2 aromatic rings. The maximum atomic E-state index is 12.6. The molecule has 0 fully saturated rings. The Kier molecular flexibility index (Phi) is 4.36. The second-order valence-electron chi connectivity index (χ2n) is 4.04. The Balaban J connectivity index is 1.95. The molecule has 0 amide bonds. The molecule has 21 heavy (non-hydrogen) atoms. The normalized spacial score (nSPS) is 12.0. The van der Waals surface area contributed by atoms with Crippen LogP contribution in [0.25, 0.3) is 11.5 Å². The monoisotopic (exact) mass is 306 g/mol. The maximum Gasteiger partial charge on any atom is 0.330 e. The van der Waals surface area contributed by atoms with Crippen LogP contribution in [-0.4, -0.2) is 34.1 Å². The van der Waals surface area contributed by atoms with Crippen LogP contribution >= 0.6 is 0 Å². The Morgan fingerprint density at radius 3 is 2.81 bits per heavy atom. The van der Waals surface area contributed by atoms with Crippen molar-refractivity contribution in [3.05, 3.63) is 24.2 Å². The van der Waals surface area contributed by atoms with Crippen molar-refractivity contribution in [2.24, 2.45) is 0 Å². The number of nitrogens with zero attached hydrogens (tertiary/aromatic N) is 3. The Morgan fingerprint density at radius 2 is 2.14 bits per heavy atom. The van der Waals surface area contributed by atoms with Crippen molar-refractivity contribution in [1.82, 2.24) is 15.1 Å². The highest BCUT2D eigenvalue weighted by Gasteiger charge is 2.41. The third kappa shape index (κ3) is 3.88. The molecule has 0 aromatic carbocycles. The Morgan fingerprint density at radius 1 is 1.38 bits per heavy atom. The SMILES string of the molecule is Nc1cc(-c2nc(COCC(F)(F)C(F)F)no2)ccn1. The molecule has 0 saturated carbocycles. The summed E-state index contributed by atoms with van der Waals surface area (Å²) in [7, 11) is 0. The molecule has 0 saturated heterocycles. The largest absolute Gasteiger partial charge is 0.384 e. The average molecular weight is 306 g/mol. The van der Waals surface area contributed by atoms with Crippen LogP contribution in [0.5, 0.6) is 0 Å². The minimum Gasteiger partial charge on any atom is -0.384 e. The van der Waals surface area contributed by atoms with Crippen molar-refractivity contribution in [3.63, 3.8) is 0 Å². The number of hydrogen-bond acceptors (Lipinski definition) is 6. The quantitative estimate of drug-likeness (QED) is 0.823. The Hall–Kier alpha value is -2.23. The lowest BCUT2D eigenvalue weighted by atomic mass is 10.2. The van der Waals surface area contributed by atoms with Gasteiger partial charge in [-0.25, -0.2) is 13.8 Å². The lowest BCUT2D eigenvalue weighted by molar-refractivity contribution is -0.168. The van der Waals surface area contributed by atoms with Crippen molar-refractivity contribution >= 4 is 5.82 Å². The second kappa shape index (κ2) is 6.04. The fraction of sp³-hybridized carbons (Fsp3) is 0.364. The van der Waals surface area contributed by atoms with Crippen molar-refractivity contribution < 1.29 is 26.8 Å². The zero-order valence-electron chi connectivity index (χ0n) is 10.5. The van der Waals surface area contributed by atoms with E-state index in [2.05, 4.69) is 19.9 Å². The number of rotatable bonds is 6. The molecule has 0 aliphatic carbocycles. The van der Waals surface area contributed by atoms with Crippen LogP contribution in [-0.2, 0) is 11.3 Å². The Labute approximate surface area is 115 Å². The van der Waals surface area contributed by atoms with Crippen molar-refractivity contribution in [2.45, 2.75) is 19.0 Å². The molecule has 2 rings (SSSR count). The molecule has 2 N–H and O–H groups in total. The van der Waals surface area contributed by atoms with Crippen LogP contribution in [0.4, 0.5) is 23.4 Å². The van der Waals surface area contributed by atoms with Gasteiger partial charge < -0.3 is 15.0 Å².